The molecule has 96 valence electrons. The number of benzene rings is 1. The van der Waals surface area contributed by atoms with Crippen molar-refractivity contribution >= 4 is 16.9 Å². The van der Waals surface area contributed by atoms with Crippen molar-refractivity contribution in [2.45, 2.75) is 19.8 Å². The topological polar surface area (TPSA) is 62.3 Å². The van der Waals surface area contributed by atoms with Crippen LogP contribution in [-0.2, 0) is 22.4 Å². The predicted octanol–water partition coefficient (Wildman–Crippen LogP) is 2.29. The van der Waals surface area contributed by atoms with Crippen LogP contribution in [0.4, 0.5) is 0 Å². The van der Waals surface area contributed by atoms with Gasteiger partial charge in [-0.2, -0.15) is 0 Å². The molecular formula is C14H17NO3. The number of hydrogen-bond acceptors (Lipinski definition) is 2. The summed E-state index contributed by atoms with van der Waals surface area (Å²) in [6.07, 6.45) is 0.875. The van der Waals surface area contributed by atoms with Crippen molar-refractivity contribution in [1.82, 2.24) is 4.98 Å². The molecule has 0 saturated heterocycles. The molecule has 18 heavy (non-hydrogen) atoms. The molecule has 1 heterocycles. The molecule has 0 aliphatic rings. The number of hydrogen-bond donors (Lipinski definition) is 2. The highest BCUT2D eigenvalue weighted by atomic mass is 16.5. The Kier molecular flexibility index (Phi) is 3.67. The van der Waals surface area contributed by atoms with E-state index < -0.39 is 5.97 Å². The zero-order chi connectivity index (χ0) is 13.1. The van der Waals surface area contributed by atoms with Crippen LogP contribution < -0.4 is 0 Å². The second kappa shape index (κ2) is 5.23. The van der Waals surface area contributed by atoms with Crippen LogP contribution in [0.2, 0.25) is 0 Å². The van der Waals surface area contributed by atoms with Gasteiger partial charge in [-0.1, -0.05) is 18.2 Å². The van der Waals surface area contributed by atoms with Gasteiger partial charge >= 0.3 is 5.97 Å². The normalized spacial score (nSPS) is 11.0. The lowest BCUT2D eigenvalue weighted by atomic mass is 10.0. The molecular weight excluding hydrogens is 230 g/mol. The van der Waals surface area contributed by atoms with Crippen molar-refractivity contribution in [2.24, 2.45) is 0 Å². The third kappa shape index (κ3) is 2.38. The molecule has 0 unspecified atom stereocenters. The summed E-state index contributed by atoms with van der Waals surface area (Å²) in [4.78, 5) is 14.2. The van der Waals surface area contributed by atoms with Gasteiger partial charge in [0.2, 0.25) is 0 Å². The minimum absolute atomic E-state index is 0.0551. The fourth-order valence-corrected chi connectivity index (χ4v) is 2.26. The van der Waals surface area contributed by atoms with Crippen LogP contribution in [0.1, 0.15) is 16.8 Å². The van der Waals surface area contributed by atoms with E-state index in [0.717, 1.165) is 34.1 Å². The first kappa shape index (κ1) is 12.6. The summed E-state index contributed by atoms with van der Waals surface area (Å²) < 4.78 is 5.09. The van der Waals surface area contributed by atoms with Crippen molar-refractivity contribution < 1.29 is 14.6 Å². The van der Waals surface area contributed by atoms with Crippen molar-refractivity contribution in [3.05, 3.63) is 35.0 Å². The summed E-state index contributed by atoms with van der Waals surface area (Å²) in [5.41, 5.74) is 3.99. The molecule has 0 atom stereocenters. The average molecular weight is 247 g/mol. The monoisotopic (exact) mass is 247 g/mol. The van der Waals surface area contributed by atoms with E-state index in [0.29, 0.717) is 6.61 Å². The molecule has 0 aliphatic heterocycles. The fourth-order valence-electron chi connectivity index (χ4n) is 2.26. The summed E-state index contributed by atoms with van der Waals surface area (Å²) in [6, 6.07) is 5.97. The van der Waals surface area contributed by atoms with Crippen LogP contribution in [0.15, 0.2) is 18.2 Å². The van der Waals surface area contributed by atoms with E-state index >= 15 is 0 Å². The zero-order valence-corrected chi connectivity index (χ0v) is 10.6. The minimum atomic E-state index is -0.804. The second-order valence-corrected chi connectivity index (χ2v) is 4.38. The number of carboxylic acid groups (broad SMARTS) is 1. The van der Waals surface area contributed by atoms with Crippen LogP contribution in [0.25, 0.3) is 10.9 Å². The lowest BCUT2D eigenvalue weighted by Crippen LogP contribution is -2.00. The molecule has 0 fully saturated rings. The molecule has 4 nitrogen and oxygen atoms in total. The number of para-hydroxylation sites is 1. The molecule has 0 aliphatic carbocycles. The quantitative estimate of drug-likeness (QED) is 0.852. The summed E-state index contributed by atoms with van der Waals surface area (Å²) in [5.74, 6) is -0.804. The maximum Gasteiger partial charge on any atom is 0.307 e. The van der Waals surface area contributed by atoms with Crippen LogP contribution in [0, 0.1) is 6.92 Å². The Morgan fingerprint density at radius 2 is 2.22 bits per heavy atom. The number of aromatic amines is 1. The number of aromatic nitrogens is 1. The highest BCUT2D eigenvalue weighted by molar-refractivity contribution is 5.90. The van der Waals surface area contributed by atoms with Gasteiger partial charge in [0.05, 0.1) is 13.0 Å². The number of carbonyl (C=O) groups is 1. The smallest absolute Gasteiger partial charge is 0.307 e. The van der Waals surface area contributed by atoms with Gasteiger partial charge in [-0.15, -0.1) is 0 Å². The van der Waals surface area contributed by atoms with E-state index in [-0.39, 0.29) is 6.42 Å². The molecule has 1 aromatic carbocycles. The summed E-state index contributed by atoms with van der Waals surface area (Å²) in [7, 11) is 1.68. The highest BCUT2D eigenvalue weighted by Crippen LogP contribution is 2.25. The van der Waals surface area contributed by atoms with Crippen molar-refractivity contribution in [3.63, 3.8) is 0 Å². The van der Waals surface area contributed by atoms with Gasteiger partial charge in [-0.05, 0) is 24.5 Å². The van der Waals surface area contributed by atoms with Gasteiger partial charge < -0.3 is 14.8 Å². The predicted molar refractivity (Wildman–Crippen MR) is 70.0 cm³/mol. The first-order valence-corrected chi connectivity index (χ1v) is 5.93. The van der Waals surface area contributed by atoms with Crippen LogP contribution >= 0.6 is 0 Å². The third-order valence-corrected chi connectivity index (χ3v) is 3.14. The lowest BCUT2D eigenvalue weighted by Gasteiger charge is -2.02. The Bertz CT molecular complexity index is 572. The second-order valence-electron chi connectivity index (χ2n) is 4.38. The Balaban J connectivity index is 2.48. The number of rotatable bonds is 5. The summed E-state index contributed by atoms with van der Waals surface area (Å²) >= 11 is 0. The Labute approximate surface area is 106 Å². The molecule has 1 aromatic heterocycles. The number of fused-ring (bicyclic) bond motifs is 1. The number of aliphatic carboxylic acids is 1. The molecule has 4 heteroatoms. The van der Waals surface area contributed by atoms with Crippen LogP contribution in [-0.4, -0.2) is 29.8 Å². The largest absolute Gasteiger partial charge is 0.481 e. The van der Waals surface area contributed by atoms with Gasteiger partial charge in [0.25, 0.3) is 0 Å². The van der Waals surface area contributed by atoms with E-state index in [1.54, 1.807) is 7.11 Å². The van der Waals surface area contributed by atoms with Gasteiger partial charge in [-0.3, -0.25) is 4.79 Å². The van der Waals surface area contributed by atoms with Gasteiger partial charge in [0.1, 0.15) is 0 Å². The van der Waals surface area contributed by atoms with E-state index in [1.165, 1.54) is 0 Å². The van der Waals surface area contributed by atoms with Crippen molar-refractivity contribution in [3.8, 4) is 0 Å². The lowest BCUT2D eigenvalue weighted by molar-refractivity contribution is -0.136. The number of carboxylic acids is 1. The van der Waals surface area contributed by atoms with E-state index in [4.69, 9.17) is 9.84 Å². The number of aryl methyl sites for hydroxylation is 1. The van der Waals surface area contributed by atoms with E-state index in [1.807, 2.05) is 25.1 Å². The maximum absolute atomic E-state index is 10.9. The van der Waals surface area contributed by atoms with E-state index in [2.05, 4.69) is 4.98 Å². The molecule has 2 rings (SSSR count). The summed E-state index contributed by atoms with van der Waals surface area (Å²) in [5, 5.41) is 9.95. The van der Waals surface area contributed by atoms with Crippen LogP contribution in [0.5, 0.6) is 0 Å². The first-order chi connectivity index (χ1) is 8.63. The van der Waals surface area contributed by atoms with Crippen LogP contribution in [0.3, 0.4) is 0 Å². The molecule has 0 radical (unpaired) electrons. The molecule has 0 amide bonds. The first-order valence-electron chi connectivity index (χ1n) is 5.93. The highest BCUT2D eigenvalue weighted by Gasteiger charge is 2.13. The Hall–Kier alpha value is -1.81. The van der Waals surface area contributed by atoms with Gasteiger partial charge in [-0.25, -0.2) is 0 Å². The van der Waals surface area contributed by atoms with Crippen molar-refractivity contribution in [1.29, 1.82) is 0 Å². The number of methoxy groups -OCH3 is 1. The van der Waals surface area contributed by atoms with Crippen molar-refractivity contribution in [2.75, 3.05) is 13.7 Å². The minimum Gasteiger partial charge on any atom is -0.481 e. The maximum atomic E-state index is 10.9. The zero-order valence-electron chi connectivity index (χ0n) is 10.6. The van der Waals surface area contributed by atoms with Gasteiger partial charge in [0, 0.05) is 23.7 Å². The molecule has 0 saturated carbocycles. The molecule has 2 aromatic rings. The number of ether oxygens (including phenoxy) is 1. The Morgan fingerprint density at radius 3 is 2.89 bits per heavy atom. The van der Waals surface area contributed by atoms with Gasteiger partial charge in [0.15, 0.2) is 0 Å². The fraction of sp³-hybridized carbons (Fsp3) is 0.357. The van der Waals surface area contributed by atoms with E-state index in [9.17, 15) is 4.79 Å². The Morgan fingerprint density at radius 1 is 1.44 bits per heavy atom. The number of nitrogens with one attached hydrogen (secondary N) is 1. The molecule has 0 bridgehead atoms. The molecule has 2 N–H and O–H groups in total. The standard InChI is InChI=1S/C14H17NO3/c1-9-12(8-13(16)17)11-5-3-4-10(6-7-18-2)14(11)15-9/h3-5,15H,6-8H2,1-2H3,(H,16,17). The number of H-pyrrole nitrogens is 1. The average Bonchev–Trinajstić information content (AvgIpc) is 2.64. The third-order valence-electron chi connectivity index (χ3n) is 3.14. The SMILES string of the molecule is COCCc1cccc2c(CC(=O)O)c(C)[nH]c12. The summed E-state index contributed by atoms with van der Waals surface area (Å²) in [6.45, 7) is 2.57. The molecule has 0 spiro atoms.